The number of nitrogens with zero attached hydrogens (tertiary/aromatic N) is 17. The van der Waals surface area contributed by atoms with E-state index in [1.165, 1.54) is 80.4 Å². The highest BCUT2D eigenvalue weighted by molar-refractivity contribution is 7.90. The summed E-state index contributed by atoms with van der Waals surface area (Å²) in [4.78, 5) is 58.2. The molecular weight excluding hydrogens is 1700 g/mol. The summed E-state index contributed by atoms with van der Waals surface area (Å²) in [5.74, 6) is 0.260. The van der Waals surface area contributed by atoms with Gasteiger partial charge in [0, 0.05) is 124 Å². The van der Waals surface area contributed by atoms with Gasteiger partial charge in [0.2, 0.25) is 51.5 Å². The Morgan fingerprint density at radius 1 is 0.443 bits per heavy atom. The Hall–Kier alpha value is -10.1. The predicted octanol–water partition coefficient (Wildman–Crippen LogP) is 10.3. The van der Waals surface area contributed by atoms with Crippen molar-refractivity contribution < 1.29 is 72.8 Å². The molecule has 122 heavy (non-hydrogen) atoms. The van der Waals surface area contributed by atoms with Crippen molar-refractivity contribution >= 4 is 145 Å². The lowest BCUT2D eigenvalue weighted by Gasteiger charge is -2.41. The molecule has 5 unspecified atom stereocenters. The van der Waals surface area contributed by atoms with E-state index in [4.69, 9.17) is 13.1 Å². The Balaban J connectivity index is 0.000000149. The Bertz CT molecular complexity index is 6030. The van der Waals surface area contributed by atoms with Crippen LogP contribution >= 0.6 is 0 Å². The van der Waals surface area contributed by atoms with E-state index in [9.17, 15) is 68.4 Å². The predicted molar refractivity (Wildman–Crippen MR) is 455 cm³/mol. The third kappa shape index (κ3) is 25.5. The molecule has 5 aromatic carbocycles. The van der Waals surface area contributed by atoms with Crippen molar-refractivity contribution in [3.05, 3.63) is 162 Å². The molecule has 31 nitrogen and oxygen atoms in total. The lowest BCUT2D eigenvalue weighted by Crippen LogP contribution is -2.51. The molecule has 0 amide bonds. The van der Waals surface area contributed by atoms with Crippen molar-refractivity contribution in [2.24, 2.45) is 23.2 Å². The average Bonchev–Trinajstić information content (AvgIpc) is 0.850. The second kappa shape index (κ2) is 39.2. The monoisotopic (exact) mass is 1790 g/mol. The molecule has 4 N–H and O–H groups in total. The van der Waals surface area contributed by atoms with Gasteiger partial charge in [-0.05, 0) is 161 Å². The smallest absolute Gasteiger partial charge is 0.222 e. The fourth-order valence-electron chi connectivity index (χ4n) is 15.5. The van der Waals surface area contributed by atoms with Crippen LogP contribution in [0.1, 0.15) is 78.1 Å². The van der Waals surface area contributed by atoms with Crippen LogP contribution in [0.3, 0.4) is 0 Å². The summed E-state index contributed by atoms with van der Waals surface area (Å²) in [6.07, 6.45) is 20.3. The molecule has 5 atom stereocenters. The zero-order valence-electron chi connectivity index (χ0n) is 68.0. The maximum atomic E-state index is 15.1. The van der Waals surface area contributed by atoms with Crippen LogP contribution in [0.5, 0.6) is 0 Å². The van der Waals surface area contributed by atoms with E-state index in [1.807, 2.05) is 18.7 Å². The van der Waals surface area contributed by atoms with Crippen molar-refractivity contribution in [3.8, 4) is 0 Å². The highest BCUT2D eigenvalue weighted by Crippen LogP contribution is 2.39. The fraction of sp³-hybridized carbons (Fsp3) is 0.468. The maximum absolute atomic E-state index is 15.1. The van der Waals surface area contributed by atoms with Gasteiger partial charge < -0.3 is 24.5 Å². The van der Waals surface area contributed by atoms with Crippen molar-refractivity contribution in [3.63, 3.8) is 0 Å². The summed E-state index contributed by atoms with van der Waals surface area (Å²) >= 11 is 0. The van der Waals surface area contributed by atoms with E-state index in [2.05, 4.69) is 93.1 Å². The summed E-state index contributed by atoms with van der Waals surface area (Å²) in [6.45, 7) is 24.6. The third-order valence-corrected chi connectivity index (χ3v) is 25.4. The molecule has 5 saturated heterocycles. The maximum Gasteiger partial charge on any atom is 0.222 e. The molecule has 654 valence electrons. The minimum absolute atomic E-state index is 0.0629. The van der Waals surface area contributed by atoms with Gasteiger partial charge in [-0.15, -0.1) is 0 Å². The minimum Gasteiger partial charge on any atom is -0.356 e. The van der Waals surface area contributed by atoms with Gasteiger partial charge in [0.25, 0.3) is 0 Å². The summed E-state index contributed by atoms with van der Waals surface area (Å²) in [5.41, 5.74) is 0.323. The first-order valence-corrected chi connectivity index (χ1v) is 48.6. The number of halogens is 7. The van der Waals surface area contributed by atoms with Crippen LogP contribution in [0.15, 0.2) is 104 Å². The van der Waals surface area contributed by atoms with Gasteiger partial charge in [0.05, 0.1) is 78.0 Å². The second-order valence-electron chi connectivity index (χ2n) is 31.8. The molecule has 5 aromatic heterocycles. The van der Waals surface area contributed by atoms with Crippen LogP contribution < -0.4 is 43.4 Å². The van der Waals surface area contributed by atoms with Crippen molar-refractivity contribution in [2.75, 3.05) is 147 Å². The molecule has 43 heteroatoms. The zero-order valence-corrected chi connectivity index (χ0v) is 72.0. The number of aromatic nitrogens is 10. The van der Waals surface area contributed by atoms with E-state index >= 15 is 4.39 Å². The Morgan fingerprint density at radius 3 is 1.34 bits per heavy atom. The number of anilines is 5. The molecule has 0 saturated carbocycles. The summed E-state index contributed by atoms with van der Waals surface area (Å²) < 4.78 is 220. The van der Waals surface area contributed by atoms with Crippen LogP contribution in [0, 0.1) is 71.2 Å². The molecule has 0 spiro atoms. The number of alkyl halides is 1. The van der Waals surface area contributed by atoms with Crippen LogP contribution in [0.25, 0.3) is 64.2 Å². The molecule has 5 aliphatic heterocycles. The van der Waals surface area contributed by atoms with E-state index < -0.39 is 78.9 Å². The number of piperidine rings is 4. The van der Waals surface area contributed by atoms with Crippen LogP contribution in [0.2, 0.25) is 0 Å². The average molecular weight is 1790 g/mol. The number of sulfonamides is 4. The molecule has 15 rings (SSSR count). The highest BCUT2D eigenvalue weighted by Gasteiger charge is 2.39. The van der Waals surface area contributed by atoms with Crippen LogP contribution in [0.4, 0.5) is 71.2 Å². The van der Waals surface area contributed by atoms with Gasteiger partial charge in [-0.3, -0.25) is 0 Å². The van der Waals surface area contributed by atoms with Crippen LogP contribution in [-0.2, 0) is 49.9 Å². The van der Waals surface area contributed by atoms with Gasteiger partial charge in [-0.1, -0.05) is 6.92 Å². The largest absolute Gasteiger partial charge is 0.356 e. The molecule has 0 aliphatic carbocycles. The number of nitrogens with one attached hydrogen (secondary N) is 4. The number of sulfone groups is 1. The van der Waals surface area contributed by atoms with Crippen LogP contribution in [-0.4, -0.2) is 226 Å². The number of hydrogen-bond acceptors (Lipinski definition) is 25. The van der Waals surface area contributed by atoms with Gasteiger partial charge in [-0.25, -0.2) is 151 Å². The summed E-state index contributed by atoms with van der Waals surface area (Å²) in [5, 5.41) is 2.94. The number of rotatable bonds is 20. The molecule has 10 heterocycles. The Morgan fingerprint density at radius 2 is 0.852 bits per heavy atom. The Labute approximate surface area is 704 Å². The van der Waals surface area contributed by atoms with E-state index in [0.29, 0.717) is 131 Å². The first kappa shape index (κ1) is 92.6. The van der Waals surface area contributed by atoms with Crippen molar-refractivity contribution in [2.45, 2.75) is 89.8 Å². The molecule has 5 aliphatic rings. The van der Waals surface area contributed by atoms with Gasteiger partial charge in [-0.2, -0.15) is 0 Å². The van der Waals surface area contributed by atoms with E-state index in [1.54, 1.807) is 17.0 Å². The SMILES string of the molecule is CC(NS(C)(=O)=O)C1CCCN(c2ncnc3cc(F)c(F)cc23)C1.CS(=O)(=O)CCC1CCN(c2ncnc3ccc(F)cc23)CC1.CS(=O)(=O)NCC1CCN(c2ncnc3ccc(F)cc23)C1.[C-]#[N+]c1cc2c(N3CCCC(C)(CNS(C)(=O)=O)C3)ncnc2cc1F.[C-]#[N+]c1cc2c(N3CCCC(F)(CNS(C)(=O)=O)C3)ncnc2cc1F. The molecule has 0 bridgehead atoms. The lowest BCUT2D eigenvalue weighted by atomic mass is 9.82. The lowest BCUT2D eigenvalue weighted by molar-refractivity contribution is 0.141. The van der Waals surface area contributed by atoms with Crippen molar-refractivity contribution in [1.29, 1.82) is 0 Å². The second-order valence-corrected chi connectivity index (χ2v) is 41.3. The topological polar surface area (TPSA) is 373 Å². The molecular formula is C79H94F7N21O10S5. The fourth-order valence-corrected chi connectivity index (χ4v) is 18.8. The minimum atomic E-state index is -3.50. The first-order chi connectivity index (χ1) is 57.5. The molecule has 0 radical (unpaired) electrons. The van der Waals surface area contributed by atoms with Gasteiger partial charge in [0.15, 0.2) is 11.6 Å². The molecule has 10 aromatic rings. The van der Waals surface area contributed by atoms with Gasteiger partial charge >= 0.3 is 0 Å². The normalized spacial score (nSPS) is 19.6. The number of fused-ring (bicyclic) bond motifs is 5. The summed E-state index contributed by atoms with van der Waals surface area (Å²) in [6, 6.07) is 16.2. The third-order valence-electron chi connectivity index (χ3n) is 21.6. The zero-order chi connectivity index (χ0) is 88.3. The molecule has 5 fully saturated rings. The number of benzene rings is 5. The van der Waals surface area contributed by atoms with E-state index in [0.717, 1.165) is 131 Å². The quantitative estimate of drug-likeness (QED) is 0.0407. The first-order valence-electron chi connectivity index (χ1n) is 39.0. The van der Waals surface area contributed by atoms with Gasteiger partial charge in [0.1, 0.15) is 99.5 Å². The van der Waals surface area contributed by atoms with E-state index in [-0.39, 0.29) is 71.6 Å². The number of hydrogen-bond donors (Lipinski definition) is 4. The highest BCUT2D eigenvalue weighted by atomic mass is 32.2. The van der Waals surface area contributed by atoms with Crippen molar-refractivity contribution in [1.82, 2.24) is 68.7 Å². The summed E-state index contributed by atoms with van der Waals surface area (Å²) in [7, 11) is -16.1. The standard InChI is InChI=1S/C17H20FN5O2S.C16H17F2N5O2S.C16H20F2N4O2S.C16H20FN3O2S.C14H17FN4O2S/c1-17(9-22-26(3,24)25)5-4-6-23(10-17)16-12-7-15(19-2)13(18)8-14(12)20-11-21-16;1-19-14-6-11-13(7-12(14)17)20-10-21-15(11)23-5-3-4-16(18,9-23)8-22-26(2,24)25;1-10(21-25(2,23)24)11-4-3-5-22(8-11)16-12-6-13(17)14(18)7-15(12)19-9-20-16;1-23(21,22)9-6-12-4-7-20(8-5-12)16-14-10-13(17)2-3-15(14)18-11-19-16;1-22(20,21)18-7-10-4-5-19(8-10)14-12-6-11(15)2-3-13(12)16-9-17-14/h7-8,11,22H,4-6,9-10H2,1,3H3;6-7,10,22H,3-5,8-9H2,2H3;6-7,9-11,21H,3-5,8H2,1-2H3;2-3,10-12H,4-9H2,1H3;2-3,6,9-10,18H,4-5,7-8H2,1H3. The Kier molecular flexibility index (Phi) is 29.7.